The average molecular weight is 225 g/mol. The van der Waals surface area contributed by atoms with Crippen LogP contribution >= 0.6 is 12.2 Å². The zero-order valence-corrected chi connectivity index (χ0v) is 9.55. The van der Waals surface area contributed by atoms with Crippen molar-refractivity contribution in [3.63, 3.8) is 0 Å². The number of anilines is 2. The quantitative estimate of drug-likeness (QED) is 0.680. The summed E-state index contributed by atoms with van der Waals surface area (Å²) in [5.41, 5.74) is 5.69. The summed E-state index contributed by atoms with van der Waals surface area (Å²) in [6, 6.07) is 1.83. The van der Waals surface area contributed by atoms with Crippen LogP contribution in [0.15, 0.2) is 6.07 Å². The number of aromatic nitrogens is 2. The summed E-state index contributed by atoms with van der Waals surface area (Å²) in [7, 11) is 2.12. The van der Waals surface area contributed by atoms with Crippen LogP contribution in [0.25, 0.3) is 0 Å². The Bertz CT molecular complexity index is 394. The SMILES string of the molecule is CN1CCN(c2cc(N)[nH]c(=S)n2)CC1. The zero-order valence-electron chi connectivity index (χ0n) is 8.73. The van der Waals surface area contributed by atoms with Crippen LogP contribution in [-0.2, 0) is 0 Å². The van der Waals surface area contributed by atoms with Gasteiger partial charge in [-0.05, 0) is 19.3 Å². The lowest BCUT2D eigenvalue weighted by Gasteiger charge is -2.33. The molecule has 0 radical (unpaired) electrons. The Morgan fingerprint density at radius 3 is 2.67 bits per heavy atom. The van der Waals surface area contributed by atoms with Crippen molar-refractivity contribution in [3.05, 3.63) is 10.8 Å². The van der Waals surface area contributed by atoms with Gasteiger partial charge in [0.2, 0.25) is 0 Å². The van der Waals surface area contributed by atoms with E-state index in [9.17, 15) is 0 Å². The van der Waals surface area contributed by atoms with Crippen LogP contribution in [0.3, 0.4) is 0 Å². The number of likely N-dealkylation sites (N-methyl/N-ethyl adjacent to an activating group) is 1. The minimum absolute atomic E-state index is 0.448. The molecule has 1 aromatic rings. The van der Waals surface area contributed by atoms with Crippen molar-refractivity contribution in [2.75, 3.05) is 43.9 Å². The number of nitrogen functional groups attached to an aromatic ring is 1. The summed E-state index contributed by atoms with van der Waals surface area (Å²) in [6.07, 6.45) is 0. The highest BCUT2D eigenvalue weighted by atomic mass is 32.1. The zero-order chi connectivity index (χ0) is 10.8. The van der Waals surface area contributed by atoms with E-state index >= 15 is 0 Å². The Labute approximate surface area is 93.9 Å². The number of rotatable bonds is 1. The first-order valence-electron chi connectivity index (χ1n) is 4.95. The first-order valence-corrected chi connectivity index (χ1v) is 5.36. The topological polar surface area (TPSA) is 61.2 Å². The fourth-order valence-corrected chi connectivity index (χ4v) is 1.87. The summed E-state index contributed by atoms with van der Waals surface area (Å²) >= 11 is 5.00. The lowest BCUT2D eigenvalue weighted by molar-refractivity contribution is 0.312. The predicted octanol–water partition coefficient (Wildman–Crippen LogP) is 0.473. The van der Waals surface area contributed by atoms with Gasteiger partial charge >= 0.3 is 0 Å². The molecule has 0 aromatic carbocycles. The summed E-state index contributed by atoms with van der Waals surface area (Å²) in [5, 5.41) is 0. The van der Waals surface area contributed by atoms with Gasteiger partial charge in [-0.25, -0.2) is 4.98 Å². The highest BCUT2D eigenvalue weighted by molar-refractivity contribution is 7.71. The van der Waals surface area contributed by atoms with E-state index in [-0.39, 0.29) is 0 Å². The number of H-pyrrole nitrogens is 1. The Balaban J connectivity index is 2.19. The van der Waals surface area contributed by atoms with E-state index in [1.807, 2.05) is 6.07 Å². The summed E-state index contributed by atoms with van der Waals surface area (Å²) in [6.45, 7) is 4.05. The summed E-state index contributed by atoms with van der Waals surface area (Å²) in [4.78, 5) is 11.6. The highest BCUT2D eigenvalue weighted by Gasteiger charge is 2.15. The molecule has 5 nitrogen and oxygen atoms in total. The molecule has 1 saturated heterocycles. The average Bonchev–Trinajstić information content (AvgIpc) is 2.17. The Morgan fingerprint density at radius 1 is 1.40 bits per heavy atom. The monoisotopic (exact) mass is 225 g/mol. The summed E-state index contributed by atoms with van der Waals surface area (Å²) < 4.78 is 0.448. The molecule has 0 saturated carbocycles. The smallest absolute Gasteiger partial charge is 0.200 e. The van der Waals surface area contributed by atoms with Gasteiger partial charge in [-0.15, -0.1) is 0 Å². The molecule has 0 amide bonds. The van der Waals surface area contributed by atoms with Crippen molar-refractivity contribution >= 4 is 23.9 Å². The molecule has 1 aliphatic heterocycles. The van der Waals surface area contributed by atoms with Gasteiger partial charge in [0.25, 0.3) is 0 Å². The molecule has 1 aliphatic rings. The van der Waals surface area contributed by atoms with E-state index < -0.39 is 0 Å². The number of piperazine rings is 1. The van der Waals surface area contributed by atoms with Crippen molar-refractivity contribution in [2.24, 2.45) is 0 Å². The van der Waals surface area contributed by atoms with Gasteiger partial charge in [0, 0.05) is 32.2 Å². The molecule has 0 aliphatic carbocycles. The largest absolute Gasteiger partial charge is 0.385 e. The van der Waals surface area contributed by atoms with Gasteiger partial charge in [-0.1, -0.05) is 0 Å². The van der Waals surface area contributed by atoms with Crippen molar-refractivity contribution in [1.82, 2.24) is 14.9 Å². The number of nitrogens with one attached hydrogen (secondary N) is 1. The first kappa shape index (κ1) is 10.4. The molecule has 2 rings (SSSR count). The van der Waals surface area contributed by atoms with E-state index in [4.69, 9.17) is 18.0 Å². The number of aromatic amines is 1. The molecule has 3 N–H and O–H groups in total. The van der Waals surface area contributed by atoms with Crippen molar-refractivity contribution in [1.29, 1.82) is 0 Å². The minimum Gasteiger partial charge on any atom is -0.385 e. The molecule has 1 aromatic heterocycles. The molecule has 82 valence electrons. The van der Waals surface area contributed by atoms with Gasteiger partial charge in [-0.3, -0.25) is 0 Å². The van der Waals surface area contributed by atoms with Gasteiger partial charge in [-0.2, -0.15) is 0 Å². The molecule has 2 heterocycles. The molecular formula is C9H15N5S. The number of nitrogens with two attached hydrogens (primary N) is 1. The van der Waals surface area contributed by atoms with Gasteiger partial charge < -0.3 is 20.5 Å². The van der Waals surface area contributed by atoms with Crippen LogP contribution in [0, 0.1) is 4.77 Å². The third-order valence-electron chi connectivity index (χ3n) is 2.58. The molecule has 0 bridgehead atoms. The summed E-state index contributed by atoms with van der Waals surface area (Å²) in [5.74, 6) is 1.45. The maximum Gasteiger partial charge on any atom is 0.200 e. The van der Waals surface area contributed by atoms with Gasteiger partial charge in [0.1, 0.15) is 11.6 Å². The maximum atomic E-state index is 5.69. The normalized spacial score (nSPS) is 18.1. The number of hydrogen-bond donors (Lipinski definition) is 2. The molecule has 1 fully saturated rings. The molecule has 15 heavy (non-hydrogen) atoms. The highest BCUT2D eigenvalue weighted by Crippen LogP contribution is 2.14. The van der Waals surface area contributed by atoms with Crippen LogP contribution in [0.1, 0.15) is 0 Å². The minimum atomic E-state index is 0.448. The predicted molar refractivity (Wildman–Crippen MR) is 63.5 cm³/mol. The second-order valence-electron chi connectivity index (χ2n) is 3.79. The lowest BCUT2D eigenvalue weighted by Crippen LogP contribution is -2.44. The third kappa shape index (κ3) is 2.45. The molecule has 0 unspecified atom stereocenters. The molecule has 6 heteroatoms. The van der Waals surface area contributed by atoms with Crippen LogP contribution in [0.4, 0.5) is 11.6 Å². The lowest BCUT2D eigenvalue weighted by atomic mass is 10.3. The number of hydrogen-bond acceptors (Lipinski definition) is 5. The molecular weight excluding hydrogens is 210 g/mol. The first-order chi connectivity index (χ1) is 7.15. The van der Waals surface area contributed by atoms with Crippen LogP contribution < -0.4 is 10.6 Å². The van der Waals surface area contributed by atoms with Gasteiger partial charge in [0.15, 0.2) is 4.77 Å². The maximum absolute atomic E-state index is 5.69. The van der Waals surface area contributed by atoms with E-state index in [2.05, 4.69) is 26.8 Å². The third-order valence-corrected chi connectivity index (χ3v) is 2.77. The van der Waals surface area contributed by atoms with Crippen LogP contribution in [0.2, 0.25) is 0 Å². The van der Waals surface area contributed by atoms with E-state index in [1.165, 1.54) is 0 Å². The number of nitrogens with zero attached hydrogens (tertiary/aromatic N) is 3. The second kappa shape index (κ2) is 4.16. The van der Waals surface area contributed by atoms with Gasteiger partial charge in [0.05, 0.1) is 0 Å². The van der Waals surface area contributed by atoms with E-state index in [1.54, 1.807) is 0 Å². The van der Waals surface area contributed by atoms with Crippen molar-refractivity contribution in [3.8, 4) is 0 Å². The molecule has 0 atom stereocenters. The van der Waals surface area contributed by atoms with Crippen LogP contribution in [-0.4, -0.2) is 48.1 Å². The van der Waals surface area contributed by atoms with Crippen molar-refractivity contribution < 1.29 is 0 Å². The Morgan fingerprint density at radius 2 is 2.07 bits per heavy atom. The fraction of sp³-hybridized carbons (Fsp3) is 0.556. The second-order valence-corrected chi connectivity index (χ2v) is 4.18. The molecule has 0 spiro atoms. The van der Waals surface area contributed by atoms with E-state index in [0.29, 0.717) is 10.6 Å². The fourth-order valence-electron chi connectivity index (χ4n) is 1.66. The van der Waals surface area contributed by atoms with Crippen molar-refractivity contribution in [2.45, 2.75) is 0 Å². The standard InChI is InChI=1S/C9H15N5S/c1-13-2-4-14(5-3-13)8-6-7(10)11-9(15)12-8/h6H,2-5H2,1H3,(H3,10,11,12,15). The Kier molecular flexibility index (Phi) is 2.88. The van der Waals surface area contributed by atoms with Crippen LogP contribution in [0.5, 0.6) is 0 Å². The Hall–Kier alpha value is -1.14. The van der Waals surface area contributed by atoms with E-state index in [0.717, 1.165) is 32.0 Å².